The van der Waals surface area contributed by atoms with Crippen molar-refractivity contribution in [2.75, 3.05) is 19.7 Å². The Morgan fingerprint density at radius 2 is 1.96 bits per heavy atom. The van der Waals surface area contributed by atoms with Gasteiger partial charge in [-0.25, -0.2) is 22.4 Å². The molecule has 25 heavy (non-hydrogen) atoms. The molecule has 3 rings (SSSR count). The largest absolute Gasteiger partial charge is 0.463 e. The molecule has 0 aromatic heterocycles. The van der Waals surface area contributed by atoms with Crippen molar-refractivity contribution in [3.8, 4) is 0 Å². The standard InChI is InChI=1S/C16H18FNO6S/c17-12-5-4-11(15(19)24-13-6-9-23-16(13)20)10-14(12)25(21,22)18-7-2-1-3-8-18/h4-5,10,13H,1-3,6-9H2/t13-/m1/s1. The minimum atomic E-state index is -4.03. The van der Waals surface area contributed by atoms with Crippen LogP contribution in [0.15, 0.2) is 23.1 Å². The summed E-state index contributed by atoms with van der Waals surface area (Å²) in [5.74, 6) is -2.46. The van der Waals surface area contributed by atoms with Crippen molar-refractivity contribution in [2.45, 2.75) is 36.7 Å². The number of halogens is 1. The third-order valence-electron chi connectivity index (χ3n) is 4.24. The van der Waals surface area contributed by atoms with E-state index in [1.165, 1.54) is 4.31 Å². The zero-order chi connectivity index (χ0) is 18.0. The summed E-state index contributed by atoms with van der Waals surface area (Å²) in [6.07, 6.45) is 1.58. The number of cyclic esters (lactones) is 1. The average molecular weight is 371 g/mol. The van der Waals surface area contributed by atoms with Crippen LogP contribution < -0.4 is 0 Å². The van der Waals surface area contributed by atoms with E-state index in [0.29, 0.717) is 25.9 Å². The fraction of sp³-hybridized carbons (Fsp3) is 0.500. The highest BCUT2D eigenvalue weighted by Gasteiger charge is 2.32. The Balaban J connectivity index is 1.84. The van der Waals surface area contributed by atoms with Crippen molar-refractivity contribution >= 4 is 22.0 Å². The molecule has 1 aromatic carbocycles. The van der Waals surface area contributed by atoms with Crippen molar-refractivity contribution in [3.05, 3.63) is 29.6 Å². The lowest BCUT2D eigenvalue weighted by Gasteiger charge is -2.26. The van der Waals surface area contributed by atoms with E-state index in [4.69, 9.17) is 9.47 Å². The Kier molecular flexibility index (Phi) is 5.05. The molecule has 0 spiro atoms. The average Bonchev–Trinajstić information content (AvgIpc) is 3.00. The van der Waals surface area contributed by atoms with Gasteiger partial charge in [0.15, 0.2) is 0 Å². The first kappa shape index (κ1) is 17.8. The van der Waals surface area contributed by atoms with Crippen LogP contribution in [0, 0.1) is 5.82 Å². The van der Waals surface area contributed by atoms with Gasteiger partial charge in [-0.1, -0.05) is 6.42 Å². The first-order valence-electron chi connectivity index (χ1n) is 8.07. The van der Waals surface area contributed by atoms with Gasteiger partial charge >= 0.3 is 11.9 Å². The minimum Gasteiger partial charge on any atom is -0.463 e. The maximum absolute atomic E-state index is 14.1. The second-order valence-electron chi connectivity index (χ2n) is 5.96. The normalized spacial score (nSPS) is 21.8. The third-order valence-corrected chi connectivity index (χ3v) is 6.15. The maximum atomic E-state index is 14.1. The first-order chi connectivity index (χ1) is 11.9. The minimum absolute atomic E-state index is 0.128. The van der Waals surface area contributed by atoms with Crippen molar-refractivity contribution in [1.29, 1.82) is 0 Å². The second kappa shape index (κ2) is 7.09. The molecule has 0 N–H and O–H groups in total. The molecule has 0 unspecified atom stereocenters. The third kappa shape index (κ3) is 3.67. The Bertz CT molecular complexity index is 788. The van der Waals surface area contributed by atoms with Crippen LogP contribution in [0.5, 0.6) is 0 Å². The van der Waals surface area contributed by atoms with Crippen LogP contribution in [0.25, 0.3) is 0 Å². The molecule has 1 aromatic rings. The van der Waals surface area contributed by atoms with Crippen LogP contribution in [0.4, 0.5) is 4.39 Å². The highest BCUT2D eigenvalue weighted by molar-refractivity contribution is 7.89. The summed E-state index contributed by atoms with van der Waals surface area (Å²) in [5.41, 5.74) is -0.128. The molecule has 0 saturated carbocycles. The van der Waals surface area contributed by atoms with E-state index in [2.05, 4.69) is 0 Å². The summed E-state index contributed by atoms with van der Waals surface area (Å²) in [6, 6.07) is 3.01. The fourth-order valence-electron chi connectivity index (χ4n) is 2.85. The van der Waals surface area contributed by atoms with E-state index < -0.39 is 38.8 Å². The SMILES string of the molecule is O=C(O[C@@H]1CCOC1=O)c1ccc(F)c(S(=O)(=O)N2CCCCC2)c1. The van der Waals surface area contributed by atoms with Gasteiger partial charge in [0, 0.05) is 19.5 Å². The Labute approximate surface area is 144 Å². The van der Waals surface area contributed by atoms with Gasteiger partial charge < -0.3 is 9.47 Å². The van der Waals surface area contributed by atoms with Gasteiger partial charge in [-0.05, 0) is 31.0 Å². The molecule has 0 amide bonds. The molecule has 136 valence electrons. The summed E-state index contributed by atoms with van der Waals surface area (Å²) in [6.45, 7) is 0.809. The summed E-state index contributed by atoms with van der Waals surface area (Å²) in [7, 11) is -4.03. The van der Waals surface area contributed by atoms with E-state index in [1.54, 1.807) is 0 Å². The number of hydrogen-bond acceptors (Lipinski definition) is 6. The molecule has 9 heteroatoms. The van der Waals surface area contributed by atoms with Crippen LogP contribution in [0.1, 0.15) is 36.0 Å². The van der Waals surface area contributed by atoms with E-state index >= 15 is 0 Å². The monoisotopic (exact) mass is 371 g/mol. The van der Waals surface area contributed by atoms with Crippen LogP contribution in [0.3, 0.4) is 0 Å². The zero-order valence-corrected chi connectivity index (χ0v) is 14.3. The molecule has 0 bridgehead atoms. The lowest BCUT2D eigenvalue weighted by atomic mass is 10.2. The molecule has 0 radical (unpaired) electrons. The number of esters is 2. The molecular formula is C16H18FNO6S. The number of hydrogen-bond donors (Lipinski definition) is 0. The number of benzene rings is 1. The quantitative estimate of drug-likeness (QED) is 0.745. The van der Waals surface area contributed by atoms with Crippen LogP contribution in [0.2, 0.25) is 0 Å². The zero-order valence-electron chi connectivity index (χ0n) is 13.4. The predicted molar refractivity (Wildman–Crippen MR) is 83.8 cm³/mol. The van der Waals surface area contributed by atoms with Gasteiger partial charge in [-0.15, -0.1) is 0 Å². The number of nitrogens with zero attached hydrogens (tertiary/aromatic N) is 1. The molecule has 1 atom stereocenters. The van der Waals surface area contributed by atoms with E-state index in [9.17, 15) is 22.4 Å². The summed E-state index contributed by atoms with van der Waals surface area (Å²) >= 11 is 0. The van der Waals surface area contributed by atoms with Crippen LogP contribution in [-0.4, -0.2) is 50.5 Å². The van der Waals surface area contributed by atoms with Gasteiger partial charge in [0.2, 0.25) is 16.1 Å². The maximum Gasteiger partial charge on any atom is 0.347 e. The van der Waals surface area contributed by atoms with Gasteiger partial charge in [0.1, 0.15) is 10.7 Å². The predicted octanol–water partition coefficient (Wildman–Crippen LogP) is 1.47. The number of rotatable bonds is 4. The smallest absolute Gasteiger partial charge is 0.347 e. The van der Waals surface area contributed by atoms with Gasteiger partial charge in [-0.3, -0.25) is 0 Å². The van der Waals surface area contributed by atoms with Crippen molar-refractivity contribution in [3.63, 3.8) is 0 Å². The lowest BCUT2D eigenvalue weighted by Crippen LogP contribution is -2.36. The first-order valence-corrected chi connectivity index (χ1v) is 9.51. The Hall–Kier alpha value is -2.00. The van der Waals surface area contributed by atoms with Crippen molar-refractivity contribution in [1.82, 2.24) is 4.31 Å². The molecular weight excluding hydrogens is 353 g/mol. The number of ether oxygens (including phenoxy) is 2. The number of carbonyl (C=O) groups excluding carboxylic acids is 2. The lowest BCUT2D eigenvalue weighted by molar-refractivity contribution is -0.145. The Morgan fingerprint density at radius 3 is 2.60 bits per heavy atom. The fourth-order valence-corrected chi connectivity index (χ4v) is 4.46. The van der Waals surface area contributed by atoms with E-state index in [0.717, 1.165) is 24.6 Å². The van der Waals surface area contributed by atoms with Crippen LogP contribution in [-0.2, 0) is 24.3 Å². The molecule has 2 heterocycles. The summed E-state index contributed by atoms with van der Waals surface area (Å²) < 4.78 is 50.3. The van der Waals surface area contributed by atoms with Crippen LogP contribution >= 0.6 is 0 Å². The van der Waals surface area contributed by atoms with Gasteiger partial charge in [0.25, 0.3) is 0 Å². The molecule has 0 aliphatic carbocycles. The summed E-state index contributed by atoms with van der Waals surface area (Å²) in [4.78, 5) is 23.0. The number of carbonyl (C=O) groups is 2. The van der Waals surface area contributed by atoms with E-state index in [1.807, 2.05) is 0 Å². The molecule has 2 fully saturated rings. The molecule has 2 aliphatic rings. The van der Waals surface area contributed by atoms with E-state index in [-0.39, 0.29) is 18.6 Å². The highest BCUT2D eigenvalue weighted by atomic mass is 32.2. The second-order valence-corrected chi connectivity index (χ2v) is 7.87. The molecule has 2 aliphatic heterocycles. The molecule has 2 saturated heterocycles. The Morgan fingerprint density at radius 1 is 1.24 bits per heavy atom. The highest BCUT2D eigenvalue weighted by Crippen LogP contribution is 2.24. The van der Waals surface area contributed by atoms with Crippen molar-refractivity contribution in [2.24, 2.45) is 0 Å². The summed E-state index contributed by atoms with van der Waals surface area (Å²) in [5, 5.41) is 0. The number of piperidine rings is 1. The van der Waals surface area contributed by atoms with Gasteiger partial charge in [0.05, 0.1) is 12.2 Å². The molecule has 7 nitrogen and oxygen atoms in total. The topological polar surface area (TPSA) is 90.0 Å². The van der Waals surface area contributed by atoms with Gasteiger partial charge in [-0.2, -0.15) is 4.31 Å². The van der Waals surface area contributed by atoms with Crippen molar-refractivity contribution < 1.29 is 31.9 Å². The number of sulfonamides is 1.